The number of H-pyrrole nitrogens is 1. The molecule has 1 aliphatic rings. The number of aromatic nitrogens is 1. The van der Waals surface area contributed by atoms with Crippen LogP contribution in [-0.2, 0) is 11.3 Å². The molecule has 5 nitrogen and oxygen atoms in total. The van der Waals surface area contributed by atoms with Gasteiger partial charge in [-0.15, -0.1) is 0 Å². The molecule has 0 saturated heterocycles. The lowest BCUT2D eigenvalue weighted by molar-refractivity contribution is 0.0515. The van der Waals surface area contributed by atoms with Crippen LogP contribution in [-0.4, -0.2) is 23.8 Å². The van der Waals surface area contributed by atoms with Crippen molar-refractivity contribution in [2.75, 3.05) is 7.11 Å². The molecule has 5 heteroatoms. The summed E-state index contributed by atoms with van der Waals surface area (Å²) in [5.41, 5.74) is 4.55. The third kappa shape index (κ3) is 2.89. The van der Waals surface area contributed by atoms with Crippen molar-refractivity contribution >= 4 is 22.6 Å². The summed E-state index contributed by atoms with van der Waals surface area (Å²) in [6.07, 6.45) is 2.79. The van der Waals surface area contributed by atoms with Gasteiger partial charge in [0, 0.05) is 10.9 Å². The van der Waals surface area contributed by atoms with Crippen LogP contribution in [0.25, 0.3) is 10.9 Å². The maximum absolute atomic E-state index is 12.2. The Balaban J connectivity index is 1.59. The van der Waals surface area contributed by atoms with E-state index in [1.54, 1.807) is 31.4 Å². The van der Waals surface area contributed by atoms with Crippen LogP contribution in [0, 0.1) is 0 Å². The van der Waals surface area contributed by atoms with Crippen LogP contribution in [0.15, 0.2) is 53.7 Å². The number of rotatable bonds is 3. The van der Waals surface area contributed by atoms with E-state index in [2.05, 4.69) is 22.3 Å². The number of carbonyl (C=O) groups is 1. The van der Waals surface area contributed by atoms with Gasteiger partial charge in [-0.1, -0.05) is 23.4 Å². The van der Waals surface area contributed by atoms with Gasteiger partial charge in [0.05, 0.1) is 18.4 Å². The number of fused-ring (bicyclic) bond motifs is 3. The number of hydrogen-bond acceptors (Lipinski definition) is 4. The number of oxime groups is 1. The first-order valence-electron chi connectivity index (χ1n) is 8.28. The van der Waals surface area contributed by atoms with Gasteiger partial charge in [0.2, 0.25) is 0 Å². The second kappa shape index (κ2) is 6.43. The van der Waals surface area contributed by atoms with Crippen molar-refractivity contribution in [1.29, 1.82) is 0 Å². The number of carbonyl (C=O) groups excluding carboxylic acids is 1. The molecular formula is C20H18N2O3. The summed E-state index contributed by atoms with van der Waals surface area (Å²) in [6.45, 7) is 0. The standard InChI is InChI=1S/C20H18N2O3/c1-24-14-11-9-13(10-12-14)20(23)25-22-18-8-4-6-16-15-5-2-3-7-17(15)21-19(16)18/h2-3,5,7,9-12,21H,4,6,8H2,1H3. The maximum Gasteiger partial charge on any atom is 0.365 e. The molecule has 0 radical (unpaired) electrons. The number of nitrogens with one attached hydrogen (secondary N) is 1. The Labute approximate surface area is 145 Å². The molecule has 0 bridgehead atoms. The molecular weight excluding hydrogens is 316 g/mol. The van der Waals surface area contributed by atoms with Crippen molar-refractivity contribution < 1.29 is 14.4 Å². The fourth-order valence-corrected chi connectivity index (χ4v) is 3.23. The van der Waals surface area contributed by atoms with Crippen LogP contribution in [0.2, 0.25) is 0 Å². The molecule has 0 saturated carbocycles. The zero-order valence-corrected chi connectivity index (χ0v) is 13.9. The topological polar surface area (TPSA) is 63.7 Å². The summed E-state index contributed by atoms with van der Waals surface area (Å²) < 4.78 is 5.09. The van der Waals surface area contributed by atoms with Gasteiger partial charge >= 0.3 is 5.97 Å². The van der Waals surface area contributed by atoms with Gasteiger partial charge in [-0.3, -0.25) is 0 Å². The highest BCUT2D eigenvalue weighted by Gasteiger charge is 2.21. The van der Waals surface area contributed by atoms with Crippen LogP contribution in [0.4, 0.5) is 0 Å². The largest absolute Gasteiger partial charge is 0.497 e. The molecule has 1 heterocycles. The zero-order valence-electron chi connectivity index (χ0n) is 13.9. The van der Waals surface area contributed by atoms with E-state index in [1.165, 1.54) is 10.9 Å². The molecule has 1 N–H and O–H groups in total. The third-order valence-electron chi connectivity index (χ3n) is 4.51. The van der Waals surface area contributed by atoms with Crippen molar-refractivity contribution in [3.63, 3.8) is 0 Å². The molecule has 0 fully saturated rings. The van der Waals surface area contributed by atoms with Gasteiger partial charge in [-0.25, -0.2) is 4.79 Å². The highest BCUT2D eigenvalue weighted by Crippen LogP contribution is 2.29. The monoisotopic (exact) mass is 334 g/mol. The second-order valence-corrected chi connectivity index (χ2v) is 6.02. The zero-order chi connectivity index (χ0) is 17.2. The molecule has 2 aromatic carbocycles. The summed E-state index contributed by atoms with van der Waals surface area (Å²) in [5, 5.41) is 5.36. The number of aromatic amines is 1. The number of ether oxygens (including phenoxy) is 1. The summed E-state index contributed by atoms with van der Waals surface area (Å²) >= 11 is 0. The first kappa shape index (κ1) is 15.4. The SMILES string of the molecule is COc1ccc(C(=O)ON=C2CCCc3c2[nH]c2ccccc32)cc1. The van der Waals surface area contributed by atoms with Gasteiger partial charge in [0.1, 0.15) is 11.5 Å². The molecule has 0 aliphatic heterocycles. The number of hydrogen-bond donors (Lipinski definition) is 1. The molecule has 0 spiro atoms. The third-order valence-corrected chi connectivity index (χ3v) is 4.51. The summed E-state index contributed by atoms with van der Waals surface area (Å²) in [7, 11) is 1.58. The Hall–Kier alpha value is -3.08. The smallest absolute Gasteiger partial charge is 0.365 e. The lowest BCUT2D eigenvalue weighted by Gasteiger charge is -2.13. The number of para-hydroxylation sites is 1. The van der Waals surface area contributed by atoms with E-state index in [9.17, 15) is 4.79 Å². The predicted octanol–water partition coefficient (Wildman–Crippen LogP) is 4.07. The fourth-order valence-electron chi connectivity index (χ4n) is 3.23. The van der Waals surface area contributed by atoms with Crippen molar-refractivity contribution in [2.45, 2.75) is 19.3 Å². The average Bonchev–Trinajstić information content (AvgIpc) is 3.05. The average molecular weight is 334 g/mol. The summed E-state index contributed by atoms with van der Waals surface area (Å²) in [5.74, 6) is 0.219. The number of benzene rings is 2. The highest BCUT2D eigenvalue weighted by atomic mass is 16.7. The molecule has 0 unspecified atom stereocenters. The minimum absolute atomic E-state index is 0.442. The van der Waals surface area contributed by atoms with E-state index in [0.717, 1.165) is 36.2 Å². The minimum atomic E-state index is -0.474. The van der Waals surface area contributed by atoms with Crippen molar-refractivity contribution in [2.24, 2.45) is 5.16 Å². The van der Waals surface area contributed by atoms with E-state index in [4.69, 9.17) is 9.57 Å². The van der Waals surface area contributed by atoms with Gasteiger partial charge < -0.3 is 14.6 Å². The molecule has 3 aromatic rings. The maximum atomic E-state index is 12.2. The van der Waals surface area contributed by atoms with Crippen molar-refractivity contribution in [1.82, 2.24) is 4.98 Å². The summed E-state index contributed by atoms with van der Waals surface area (Å²) in [6, 6.07) is 15.0. The normalized spacial score (nSPS) is 15.2. The Morgan fingerprint density at radius 1 is 1.08 bits per heavy atom. The number of aryl methyl sites for hydroxylation is 1. The summed E-state index contributed by atoms with van der Waals surface area (Å²) in [4.78, 5) is 20.8. The van der Waals surface area contributed by atoms with E-state index >= 15 is 0 Å². The predicted molar refractivity (Wildman–Crippen MR) is 96.2 cm³/mol. The van der Waals surface area contributed by atoms with Gasteiger partial charge in [0.25, 0.3) is 0 Å². The Bertz CT molecular complexity index is 955. The van der Waals surface area contributed by atoms with Gasteiger partial charge in [0.15, 0.2) is 0 Å². The van der Waals surface area contributed by atoms with E-state index in [0.29, 0.717) is 11.3 Å². The first-order valence-corrected chi connectivity index (χ1v) is 8.28. The lowest BCUT2D eigenvalue weighted by Crippen LogP contribution is -2.13. The molecule has 0 atom stereocenters. The fraction of sp³-hybridized carbons (Fsp3) is 0.200. The van der Waals surface area contributed by atoms with Crippen LogP contribution in [0.1, 0.15) is 34.5 Å². The van der Waals surface area contributed by atoms with E-state index in [1.807, 2.05) is 12.1 Å². The van der Waals surface area contributed by atoms with Crippen molar-refractivity contribution in [3.05, 3.63) is 65.4 Å². The highest BCUT2D eigenvalue weighted by molar-refractivity contribution is 6.06. The van der Waals surface area contributed by atoms with E-state index in [-0.39, 0.29) is 0 Å². The van der Waals surface area contributed by atoms with Crippen LogP contribution >= 0.6 is 0 Å². The molecule has 25 heavy (non-hydrogen) atoms. The van der Waals surface area contributed by atoms with E-state index < -0.39 is 5.97 Å². The molecule has 1 aromatic heterocycles. The molecule has 0 amide bonds. The van der Waals surface area contributed by atoms with Crippen LogP contribution in [0.3, 0.4) is 0 Å². The lowest BCUT2D eigenvalue weighted by atomic mass is 9.94. The Morgan fingerprint density at radius 2 is 1.88 bits per heavy atom. The Kier molecular flexibility index (Phi) is 3.98. The first-order chi connectivity index (χ1) is 12.3. The number of nitrogens with zero attached hydrogens (tertiary/aromatic N) is 1. The molecule has 4 rings (SSSR count). The van der Waals surface area contributed by atoms with Crippen LogP contribution < -0.4 is 4.74 Å². The molecule has 1 aliphatic carbocycles. The van der Waals surface area contributed by atoms with Crippen molar-refractivity contribution in [3.8, 4) is 5.75 Å². The van der Waals surface area contributed by atoms with Crippen LogP contribution in [0.5, 0.6) is 5.75 Å². The Morgan fingerprint density at radius 3 is 2.68 bits per heavy atom. The van der Waals surface area contributed by atoms with Gasteiger partial charge in [-0.05, 0) is 55.2 Å². The number of methoxy groups -OCH3 is 1. The molecule has 126 valence electrons. The quantitative estimate of drug-likeness (QED) is 0.580. The second-order valence-electron chi connectivity index (χ2n) is 6.02. The van der Waals surface area contributed by atoms with Gasteiger partial charge in [-0.2, -0.15) is 0 Å². The minimum Gasteiger partial charge on any atom is -0.497 e.